The lowest BCUT2D eigenvalue weighted by molar-refractivity contribution is 0.184. The average molecular weight is 505 g/mol. The molecule has 1 heterocycles. The number of hydrogen-bond acceptors (Lipinski definition) is 3. The van der Waals surface area contributed by atoms with Gasteiger partial charge in [-0.05, 0) is 42.5 Å². The van der Waals surface area contributed by atoms with Crippen molar-refractivity contribution in [1.82, 2.24) is 9.97 Å². The summed E-state index contributed by atoms with van der Waals surface area (Å²) in [6.07, 6.45) is 18.4. The minimum absolute atomic E-state index is 0.110. The van der Waals surface area contributed by atoms with E-state index in [0.717, 1.165) is 48.2 Å². The quantitative estimate of drug-likeness (QED) is 0.162. The third-order valence-corrected chi connectivity index (χ3v) is 6.92. The molecular weight excluding hydrogens is 459 g/mol. The van der Waals surface area contributed by atoms with Crippen molar-refractivity contribution >= 4 is 0 Å². The van der Waals surface area contributed by atoms with Crippen molar-refractivity contribution < 1.29 is 9.13 Å². The number of benzene rings is 2. The molecule has 0 spiro atoms. The van der Waals surface area contributed by atoms with Crippen molar-refractivity contribution in [1.29, 1.82) is 0 Å². The van der Waals surface area contributed by atoms with E-state index in [1.54, 1.807) is 0 Å². The van der Waals surface area contributed by atoms with E-state index in [1.165, 1.54) is 56.9 Å². The van der Waals surface area contributed by atoms with E-state index in [2.05, 4.69) is 48.1 Å². The average Bonchev–Trinajstić information content (AvgIpc) is 2.94. The molecule has 0 fully saturated rings. The third-order valence-electron chi connectivity index (χ3n) is 6.92. The second kappa shape index (κ2) is 16.9. The summed E-state index contributed by atoms with van der Waals surface area (Å²) in [4.78, 5) is 9.20. The monoisotopic (exact) mass is 504 g/mol. The minimum Gasteiger partial charge on any atom is -0.491 e. The zero-order chi connectivity index (χ0) is 26.1. The van der Waals surface area contributed by atoms with Crippen LogP contribution in [0.2, 0.25) is 0 Å². The lowest BCUT2D eigenvalue weighted by Crippen LogP contribution is -2.12. The number of aryl methyl sites for hydroxylation is 1. The minimum atomic E-state index is -0.911. The Balaban J connectivity index is 1.43. The number of alkyl halides is 1. The normalized spacial score (nSPS) is 12.0. The Bertz CT molecular complexity index is 986. The summed E-state index contributed by atoms with van der Waals surface area (Å²) in [5.41, 5.74) is 4.38. The van der Waals surface area contributed by atoms with E-state index in [-0.39, 0.29) is 6.61 Å². The van der Waals surface area contributed by atoms with E-state index in [4.69, 9.17) is 4.74 Å². The molecule has 3 rings (SSSR count). The van der Waals surface area contributed by atoms with Gasteiger partial charge in [0.05, 0.1) is 0 Å². The number of rotatable bonds is 18. The fraction of sp³-hybridized carbons (Fsp3) is 0.515. The highest BCUT2D eigenvalue weighted by Crippen LogP contribution is 2.24. The fourth-order valence-electron chi connectivity index (χ4n) is 4.54. The topological polar surface area (TPSA) is 35.0 Å². The lowest BCUT2D eigenvalue weighted by atomic mass is 10.0. The molecule has 0 saturated carbocycles. The Morgan fingerprint density at radius 3 is 1.86 bits per heavy atom. The zero-order valence-corrected chi connectivity index (χ0v) is 22.9. The van der Waals surface area contributed by atoms with Crippen molar-refractivity contribution in [2.24, 2.45) is 0 Å². The number of hydrogen-bond donors (Lipinski definition) is 0. The van der Waals surface area contributed by atoms with Crippen molar-refractivity contribution in [2.75, 3.05) is 6.61 Å². The van der Waals surface area contributed by atoms with Crippen LogP contribution >= 0.6 is 0 Å². The second-order valence-corrected chi connectivity index (χ2v) is 10.1. The second-order valence-electron chi connectivity index (χ2n) is 10.1. The highest BCUT2D eigenvalue weighted by Gasteiger charge is 2.08. The summed E-state index contributed by atoms with van der Waals surface area (Å²) in [5.74, 6) is 1.42. The smallest absolute Gasteiger partial charge is 0.159 e. The van der Waals surface area contributed by atoms with Crippen molar-refractivity contribution in [3.05, 3.63) is 66.5 Å². The van der Waals surface area contributed by atoms with Crippen LogP contribution in [0.4, 0.5) is 4.39 Å². The maximum absolute atomic E-state index is 13.9. The number of ether oxygens (including phenoxy) is 1. The highest BCUT2D eigenvalue weighted by molar-refractivity contribution is 5.64. The molecule has 0 aliphatic rings. The van der Waals surface area contributed by atoms with Gasteiger partial charge in [-0.1, -0.05) is 114 Å². The van der Waals surface area contributed by atoms with Crippen LogP contribution in [0, 0.1) is 0 Å². The van der Waals surface area contributed by atoms with Gasteiger partial charge in [-0.25, -0.2) is 14.4 Å². The zero-order valence-electron chi connectivity index (χ0n) is 22.9. The number of aromatic nitrogens is 2. The molecule has 3 nitrogen and oxygen atoms in total. The van der Waals surface area contributed by atoms with Crippen molar-refractivity contribution in [3.63, 3.8) is 0 Å². The molecule has 0 N–H and O–H groups in total. The van der Waals surface area contributed by atoms with Crippen LogP contribution in [0.1, 0.15) is 96.5 Å². The maximum atomic E-state index is 13.9. The van der Waals surface area contributed by atoms with Gasteiger partial charge in [0.2, 0.25) is 0 Å². The molecule has 37 heavy (non-hydrogen) atoms. The van der Waals surface area contributed by atoms with Gasteiger partial charge in [0.25, 0.3) is 0 Å². The molecule has 3 aromatic rings. The Kier molecular flexibility index (Phi) is 13.2. The molecule has 0 radical (unpaired) electrons. The van der Waals surface area contributed by atoms with E-state index in [9.17, 15) is 4.39 Å². The summed E-state index contributed by atoms with van der Waals surface area (Å²) in [5, 5.41) is 0. The molecule has 1 aromatic heterocycles. The van der Waals surface area contributed by atoms with E-state index >= 15 is 0 Å². The first kappa shape index (κ1) is 28.8. The molecule has 2 aromatic carbocycles. The molecule has 1 atom stereocenters. The van der Waals surface area contributed by atoms with Crippen molar-refractivity contribution in [2.45, 2.75) is 103 Å². The van der Waals surface area contributed by atoms with E-state index in [0.29, 0.717) is 12.2 Å². The molecule has 0 bridgehead atoms. The Morgan fingerprint density at radius 1 is 0.649 bits per heavy atom. The van der Waals surface area contributed by atoms with Gasteiger partial charge in [-0.2, -0.15) is 0 Å². The van der Waals surface area contributed by atoms with Gasteiger partial charge in [-0.3, -0.25) is 0 Å². The summed E-state index contributed by atoms with van der Waals surface area (Å²) >= 11 is 0. The Labute approximate surface area is 223 Å². The first-order valence-corrected chi connectivity index (χ1v) is 14.5. The summed E-state index contributed by atoms with van der Waals surface area (Å²) in [6, 6.07) is 16.4. The van der Waals surface area contributed by atoms with Crippen LogP contribution < -0.4 is 4.74 Å². The first-order valence-electron chi connectivity index (χ1n) is 14.5. The fourth-order valence-corrected chi connectivity index (χ4v) is 4.54. The van der Waals surface area contributed by atoms with Gasteiger partial charge in [0.15, 0.2) is 5.82 Å². The van der Waals surface area contributed by atoms with E-state index < -0.39 is 6.17 Å². The molecule has 0 saturated heterocycles. The number of halogens is 1. The van der Waals surface area contributed by atoms with Gasteiger partial charge in [0, 0.05) is 23.5 Å². The number of nitrogens with zero attached hydrogens (tertiary/aromatic N) is 2. The van der Waals surface area contributed by atoms with Gasteiger partial charge < -0.3 is 4.74 Å². The first-order chi connectivity index (χ1) is 18.2. The molecule has 200 valence electrons. The molecule has 0 amide bonds. The molecule has 4 heteroatoms. The van der Waals surface area contributed by atoms with Crippen LogP contribution in [-0.2, 0) is 6.42 Å². The van der Waals surface area contributed by atoms with Crippen LogP contribution in [0.15, 0.2) is 60.9 Å². The van der Waals surface area contributed by atoms with Crippen molar-refractivity contribution in [3.8, 4) is 28.3 Å². The Hall–Kier alpha value is -2.75. The van der Waals surface area contributed by atoms with Gasteiger partial charge in [0.1, 0.15) is 18.5 Å². The van der Waals surface area contributed by atoms with E-state index in [1.807, 2.05) is 36.7 Å². The molecule has 1 unspecified atom stereocenters. The van der Waals surface area contributed by atoms with Crippen LogP contribution in [0.3, 0.4) is 0 Å². The molecule has 0 aliphatic heterocycles. The molecule has 0 aliphatic carbocycles. The summed E-state index contributed by atoms with van der Waals surface area (Å²) in [7, 11) is 0. The van der Waals surface area contributed by atoms with Crippen LogP contribution in [0.5, 0.6) is 5.75 Å². The largest absolute Gasteiger partial charge is 0.491 e. The lowest BCUT2D eigenvalue weighted by Gasteiger charge is -2.11. The van der Waals surface area contributed by atoms with Crippen LogP contribution in [0.25, 0.3) is 22.5 Å². The SMILES string of the molecule is CCCCCCCCCCc1ccc(-c2ncc(-c3ccc(OCC(F)CCCCC)cc3)cn2)cc1. The predicted octanol–water partition coefficient (Wildman–Crippen LogP) is 9.79. The van der Waals surface area contributed by atoms with Gasteiger partial charge >= 0.3 is 0 Å². The third kappa shape index (κ3) is 10.6. The summed E-state index contributed by atoms with van der Waals surface area (Å²) in [6.45, 7) is 4.50. The van der Waals surface area contributed by atoms with Gasteiger partial charge in [-0.15, -0.1) is 0 Å². The standard InChI is InChI=1S/C33H45FN2O/c1-3-5-7-8-9-10-11-13-14-27-16-18-29(19-17-27)33-35-24-30(25-36-33)28-20-22-32(23-21-28)37-26-31(34)15-12-6-4-2/h16-25,31H,3-15,26H2,1-2H3. The highest BCUT2D eigenvalue weighted by atomic mass is 19.1. The maximum Gasteiger partial charge on any atom is 0.159 e. The van der Waals surface area contributed by atoms with Crippen LogP contribution in [-0.4, -0.2) is 22.7 Å². The number of unbranched alkanes of at least 4 members (excludes halogenated alkanes) is 9. The summed E-state index contributed by atoms with van der Waals surface area (Å²) < 4.78 is 19.6. The predicted molar refractivity (Wildman–Crippen MR) is 154 cm³/mol. The molecular formula is C33H45FN2O. The Morgan fingerprint density at radius 2 is 1.22 bits per heavy atom.